The smallest absolute Gasteiger partial charge is 0.308 e. The topological polar surface area (TPSA) is 95.9 Å². The van der Waals surface area contributed by atoms with E-state index in [1.807, 2.05) is 0 Å². The van der Waals surface area contributed by atoms with E-state index in [1.165, 1.54) is 13.0 Å². The Kier molecular flexibility index (Phi) is 6.49. The molecule has 2 amide bonds. The van der Waals surface area contributed by atoms with Gasteiger partial charge in [0.05, 0.1) is 5.56 Å². The normalized spacial score (nSPS) is 14.3. The summed E-state index contributed by atoms with van der Waals surface area (Å²) in [6, 6.07) is 13.0. The van der Waals surface area contributed by atoms with Crippen LogP contribution in [0, 0.1) is 5.92 Å². The number of esters is 1. The van der Waals surface area contributed by atoms with Crippen LogP contribution in [0.15, 0.2) is 48.5 Å². The maximum atomic E-state index is 12.7. The molecule has 0 aliphatic carbocycles. The quantitative estimate of drug-likeness (QED) is 0.598. The first-order valence-corrected chi connectivity index (χ1v) is 9.58. The molecule has 152 valence electrons. The summed E-state index contributed by atoms with van der Waals surface area (Å²) in [5, 5.41) is 12.6. The number of amides is 2. The van der Waals surface area contributed by atoms with Gasteiger partial charge in [-0.15, -0.1) is 0 Å². The van der Waals surface area contributed by atoms with Crippen molar-refractivity contribution in [2.45, 2.75) is 19.8 Å². The summed E-state index contributed by atoms with van der Waals surface area (Å²) in [5.41, 5.74) is 0.739. The molecule has 2 aromatic carbocycles. The summed E-state index contributed by atoms with van der Waals surface area (Å²) < 4.78 is 5.04. The molecule has 2 N–H and O–H groups in total. The average Bonchev–Trinajstić information content (AvgIpc) is 2.72. The van der Waals surface area contributed by atoms with Crippen molar-refractivity contribution in [1.29, 1.82) is 0 Å². The Morgan fingerprint density at radius 3 is 2.52 bits per heavy atom. The Morgan fingerprint density at radius 2 is 1.83 bits per heavy atom. The monoisotopic (exact) mass is 396 g/mol. The molecule has 7 heteroatoms. The fraction of sp³-hybridized carbons (Fsp3) is 0.318. The third-order valence-corrected chi connectivity index (χ3v) is 4.94. The van der Waals surface area contributed by atoms with Crippen LogP contribution in [0.25, 0.3) is 0 Å². The van der Waals surface area contributed by atoms with E-state index >= 15 is 0 Å². The Bertz CT molecular complexity index is 904. The van der Waals surface area contributed by atoms with E-state index < -0.39 is 5.97 Å². The van der Waals surface area contributed by atoms with Crippen molar-refractivity contribution < 1.29 is 24.2 Å². The van der Waals surface area contributed by atoms with Gasteiger partial charge in [-0.1, -0.05) is 18.2 Å². The zero-order chi connectivity index (χ0) is 20.8. The first-order valence-electron chi connectivity index (χ1n) is 9.58. The van der Waals surface area contributed by atoms with Gasteiger partial charge in [0.1, 0.15) is 11.5 Å². The molecule has 1 heterocycles. The number of piperidine rings is 1. The van der Waals surface area contributed by atoms with Crippen molar-refractivity contribution in [2.75, 3.05) is 19.6 Å². The van der Waals surface area contributed by atoms with Crippen LogP contribution >= 0.6 is 0 Å². The van der Waals surface area contributed by atoms with Crippen molar-refractivity contribution in [3.8, 4) is 11.5 Å². The predicted octanol–water partition coefficient (Wildman–Crippen LogP) is 2.60. The fourth-order valence-electron chi connectivity index (χ4n) is 3.38. The molecule has 0 atom stereocenters. The lowest BCUT2D eigenvalue weighted by Crippen LogP contribution is -2.41. The lowest BCUT2D eigenvalue weighted by atomic mass is 9.96. The van der Waals surface area contributed by atoms with Gasteiger partial charge in [-0.3, -0.25) is 14.4 Å². The SMILES string of the molecule is CC(=O)Oc1cccc(C(=O)N2CCC(CNC(=O)c3ccccc3O)CC2)c1. The van der Waals surface area contributed by atoms with Gasteiger partial charge in [0.2, 0.25) is 0 Å². The molecule has 0 unspecified atom stereocenters. The summed E-state index contributed by atoms with van der Waals surface area (Å²) >= 11 is 0. The minimum Gasteiger partial charge on any atom is -0.507 e. The number of carbonyl (C=O) groups excluding carboxylic acids is 3. The van der Waals surface area contributed by atoms with E-state index in [4.69, 9.17) is 4.74 Å². The standard InChI is InChI=1S/C22H24N2O5/c1-15(25)29-18-6-4-5-17(13-18)22(28)24-11-9-16(10-12-24)14-23-21(27)19-7-2-3-8-20(19)26/h2-8,13,16,26H,9-12,14H2,1H3,(H,23,27). The number of benzene rings is 2. The van der Waals surface area contributed by atoms with Crippen LogP contribution in [-0.4, -0.2) is 47.4 Å². The highest BCUT2D eigenvalue weighted by Crippen LogP contribution is 2.21. The zero-order valence-corrected chi connectivity index (χ0v) is 16.3. The van der Waals surface area contributed by atoms with Gasteiger partial charge in [0.15, 0.2) is 0 Å². The van der Waals surface area contributed by atoms with Gasteiger partial charge < -0.3 is 20.1 Å². The van der Waals surface area contributed by atoms with Crippen molar-refractivity contribution in [1.82, 2.24) is 10.2 Å². The maximum Gasteiger partial charge on any atom is 0.308 e. The van der Waals surface area contributed by atoms with E-state index in [1.54, 1.807) is 47.4 Å². The molecule has 0 radical (unpaired) electrons. The number of para-hydroxylation sites is 1. The molecule has 1 fully saturated rings. The predicted molar refractivity (Wildman–Crippen MR) is 107 cm³/mol. The molecule has 29 heavy (non-hydrogen) atoms. The number of hydrogen-bond acceptors (Lipinski definition) is 5. The Balaban J connectivity index is 1.50. The molecule has 2 aromatic rings. The molecular formula is C22H24N2O5. The summed E-state index contributed by atoms with van der Waals surface area (Å²) in [7, 11) is 0. The van der Waals surface area contributed by atoms with Gasteiger partial charge in [0.25, 0.3) is 11.8 Å². The van der Waals surface area contributed by atoms with E-state index in [9.17, 15) is 19.5 Å². The number of phenolic OH excluding ortho intramolecular Hbond substituents is 1. The van der Waals surface area contributed by atoms with Gasteiger partial charge in [-0.05, 0) is 49.1 Å². The van der Waals surface area contributed by atoms with Crippen LogP contribution < -0.4 is 10.1 Å². The first kappa shape index (κ1) is 20.4. The van der Waals surface area contributed by atoms with Gasteiger partial charge in [0, 0.05) is 32.1 Å². The summed E-state index contributed by atoms with van der Waals surface area (Å²) in [4.78, 5) is 37.8. The Hall–Kier alpha value is -3.35. The summed E-state index contributed by atoms with van der Waals surface area (Å²) in [6.07, 6.45) is 1.55. The fourth-order valence-corrected chi connectivity index (χ4v) is 3.38. The second-order valence-electron chi connectivity index (χ2n) is 7.08. The molecule has 3 rings (SSSR count). The lowest BCUT2D eigenvalue weighted by molar-refractivity contribution is -0.131. The molecule has 1 aliphatic heterocycles. The zero-order valence-electron chi connectivity index (χ0n) is 16.3. The second kappa shape index (κ2) is 9.23. The number of aromatic hydroxyl groups is 1. The van der Waals surface area contributed by atoms with Crippen LogP contribution in [0.5, 0.6) is 11.5 Å². The number of carbonyl (C=O) groups is 3. The minimum atomic E-state index is -0.429. The van der Waals surface area contributed by atoms with Crippen LogP contribution in [0.1, 0.15) is 40.5 Å². The Morgan fingerprint density at radius 1 is 1.10 bits per heavy atom. The number of rotatable bonds is 5. The molecule has 0 saturated carbocycles. The average molecular weight is 396 g/mol. The van der Waals surface area contributed by atoms with E-state index in [0.717, 1.165) is 12.8 Å². The van der Waals surface area contributed by atoms with E-state index in [0.29, 0.717) is 30.9 Å². The first-order chi connectivity index (χ1) is 13.9. The molecular weight excluding hydrogens is 372 g/mol. The number of phenols is 1. The molecule has 0 bridgehead atoms. The highest BCUT2D eigenvalue weighted by Gasteiger charge is 2.24. The van der Waals surface area contributed by atoms with Crippen LogP contribution in [0.4, 0.5) is 0 Å². The largest absolute Gasteiger partial charge is 0.507 e. The Labute approximate surface area is 169 Å². The third kappa shape index (κ3) is 5.34. The molecule has 0 aromatic heterocycles. The van der Waals surface area contributed by atoms with E-state index in [-0.39, 0.29) is 29.0 Å². The molecule has 7 nitrogen and oxygen atoms in total. The van der Waals surface area contributed by atoms with Crippen LogP contribution in [0.2, 0.25) is 0 Å². The number of ether oxygens (including phenoxy) is 1. The van der Waals surface area contributed by atoms with E-state index in [2.05, 4.69) is 5.32 Å². The summed E-state index contributed by atoms with van der Waals surface area (Å²) in [5.74, 6) is -0.256. The highest BCUT2D eigenvalue weighted by molar-refractivity contribution is 5.96. The van der Waals surface area contributed by atoms with Gasteiger partial charge in [-0.2, -0.15) is 0 Å². The van der Waals surface area contributed by atoms with Crippen LogP contribution in [-0.2, 0) is 4.79 Å². The number of likely N-dealkylation sites (tertiary alicyclic amines) is 1. The van der Waals surface area contributed by atoms with Gasteiger partial charge in [-0.25, -0.2) is 0 Å². The van der Waals surface area contributed by atoms with Crippen LogP contribution in [0.3, 0.4) is 0 Å². The van der Waals surface area contributed by atoms with Crippen molar-refractivity contribution in [2.24, 2.45) is 5.92 Å². The minimum absolute atomic E-state index is 0.0404. The van der Waals surface area contributed by atoms with Gasteiger partial charge >= 0.3 is 5.97 Å². The highest BCUT2D eigenvalue weighted by atomic mass is 16.5. The summed E-state index contributed by atoms with van der Waals surface area (Å²) in [6.45, 7) is 3.00. The molecule has 1 saturated heterocycles. The number of nitrogens with one attached hydrogen (secondary N) is 1. The van der Waals surface area contributed by atoms with Crippen molar-refractivity contribution >= 4 is 17.8 Å². The second-order valence-corrected chi connectivity index (χ2v) is 7.08. The van der Waals surface area contributed by atoms with Crippen molar-refractivity contribution in [3.63, 3.8) is 0 Å². The molecule has 0 spiro atoms. The number of hydrogen-bond donors (Lipinski definition) is 2. The van der Waals surface area contributed by atoms with Crippen molar-refractivity contribution in [3.05, 3.63) is 59.7 Å². The number of nitrogens with zero attached hydrogens (tertiary/aromatic N) is 1. The molecule has 1 aliphatic rings. The lowest BCUT2D eigenvalue weighted by Gasteiger charge is -2.32. The third-order valence-electron chi connectivity index (χ3n) is 4.94. The maximum absolute atomic E-state index is 12.7.